The van der Waals surface area contributed by atoms with Gasteiger partial charge in [0.05, 0.1) is 6.61 Å². The topological polar surface area (TPSA) is 9.23 Å². The van der Waals surface area contributed by atoms with E-state index in [1.165, 1.54) is 61.6 Å². The van der Waals surface area contributed by atoms with Crippen LogP contribution < -0.4 is 4.74 Å². The Morgan fingerprint density at radius 3 is 1.81 bits per heavy atom. The lowest BCUT2D eigenvalue weighted by molar-refractivity contribution is 0.0528. The molecule has 0 N–H and O–H groups in total. The van der Waals surface area contributed by atoms with E-state index in [4.69, 9.17) is 4.74 Å². The molecular weight excluding hydrogens is 402 g/mol. The molecule has 0 spiro atoms. The van der Waals surface area contributed by atoms with E-state index in [9.17, 15) is 8.78 Å². The van der Waals surface area contributed by atoms with Gasteiger partial charge in [0.1, 0.15) is 5.75 Å². The molecule has 176 valence electrons. The van der Waals surface area contributed by atoms with Crippen molar-refractivity contribution in [1.29, 1.82) is 0 Å². The van der Waals surface area contributed by atoms with Gasteiger partial charge in [-0.25, -0.2) is 8.78 Å². The van der Waals surface area contributed by atoms with E-state index < -0.39 is 12.3 Å². The first kappa shape index (κ1) is 24.7. The van der Waals surface area contributed by atoms with E-state index in [0.717, 1.165) is 31.6 Å². The number of benzene rings is 2. The number of halogens is 2. The highest BCUT2D eigenvalue weighted by atomic mass is 19.3. The van der Waals surface area contributed by atoms with Crippen LogP contribution in [0.25, 0.3) is 11.1 Å². The number of hydrogen-bond donors (Lipinski definition) is 0. The normalized spacial score (nSPS) is 18.8. The smallest absolute Gasteiger partial charge is 0.241 e. The average molecular weight is 443 g/mol. The second-order valence-electron chi connectivity index (χ2n) is 9.42. The first-order chi connectivity index (χ1) is 15.7. The molecule has 0 atom stereocenters. The molecule has 0 aliphatic heterocycles. The van der Waals surface area contributed by atoms with Crippen LogP contribution in [0.2, 0.25) is 0 Å². The molecule has 2 aromatic carbocycles. The van der Waals surface area contributed by atoms with Gasteiger partial charge in [-0.15, -0.1) is 0 Å². The van der Waals surface area contributed by atoms with Crippen molar-refractivity contribution in [2.24, 2.45) is 5.92 Å². The molecule has 1 saturated carbocycles. The van der Waals surface area contributed by atoms with Crippen molar-refractivity contribution < 1.29 is 13.5 Å². The predicted molar refractivity (Wildman–Crippen MR) is 131 cm³/mol. The lowest BCUT2D eigenvalue weighted by atomic mass is 9.78. The lowest BCUT2D eigenvalue weighted by Gasteiger charge is -2.28. The van der Waals surface area contributed by atoms with Gasteiger partial charge in [-0.3, -0.25) is 0 Å². The highest BCUT2D eigenvalue weighted by Crippen LogP contribution is 2.38. The molecule has 3 rings (SSSR count). The minimum Gasteiger partial charge on any atom is -0.494 e. The number of hydrogen-bond acceptors (Lipinski definition) is 1. The Morgan fingerprint density at radius 1 is 0.719 bits per heavy atom. The zero-order valence-electron chi connectivity index (χ0n) is 19.7. The van der Waals surface area contributed by atoms with E-state index in [-0.39, 0.29) is 0 Å². The Bertz CT molecular complexity index is 746. The van der Waals surface area contributed by atoms with Crippen molar-refractivity contribution in [2.45, 2.75) is 96.3 Å². The number of rotatable bonds is 13. The highest BCUT2D eigenvalue weighted by Gasteiger charge is 2.27. The Labute approximate surface area is 193 Å². The Balaban J connectivity index is 1.38. The van der Waals surface area contributed by atoms with Crippen LogP contribution in [-0.2, 0) is 0 Å². The van der Waals surface area contributed by atoms with Crippen LogP contribution in [0.3, 0.4) is 0 Å². The van der Waals surface area contributed by atoms with E-state index in [1.54, 1.807) is 0 Å². The van der Waals surface area contributed by atoms with Crippen LogP contribution in [-0.4, -0.2) is 13.0 Å². The van der Waals surface area contributed by atoms with E-state index in [2.05, 4.69) is 55.5 Å². The van der Waals surface area contributed by atoms with Crippen molar-refractivity contribution >= 4 is 0 Å². The van der Waals surface area contributed by atoms with E-state index in [1.807, 2.05) is 0 Å². The molecule has 0 amide bonds. The van der Waals surface area contributed by atoms with Crippen LogP contribution in [0, 0.1) is 5.92 Å². The molecule has 0 unspecified atom stereocenters. The molecule has 0 radical (unpaired) electrons. The number of unbranched alkanes of at least 4 members (excludes halogenated alkanes) is 7. The third kappa shape index (κ3) is 7.90. The van der Waals surface area contributed by atoms with E-state index >= 15 is 0 Å². The Kier molecular flexibility index (Phi) is 10.5. The van der Waals surface area contributed by atoms with Gasteiger partial charge < -0.3 is 4.74 Å². The zero-order valence-corrected chi connectivity index (χ0v) is 19.7. The highest BCUT2D eigenvalue weighted by molar-refractivity contribution is 5.64. The number of alkyl halides is 2. The Morgan fingerprint density at radius 2 is 1.25 bits per heavy atom. The fraction of sp³-hybridized carbons (Fsp3) is 0.586. The van der Waals surface area contributed by atoms with Crippen LogP contribution in [0.4, 0.5) is 8.78 Å². The molecule has 0 aromatic heterocycles. The molecular formula is C29H40F2O. The van der Waals surface area contributed by atoms with Gasteiger partial charge >= 0.3 is 0 Å². The Hall–Kier alpha value is -1.90. The summed E-state index contributed by atoms with van der Waals surface area (Å²) in [5.41, 5.74) is 3.65. The molecule has 32 heavy (non-hydrogen) atoms. The van der Waals surface area contributed by atoms with E-state index in [0.29, 0.717) is 18.8 Å². The number of ether oxygens (including phenoxy) is 1. The summed E-state index contributed by atoms with van der Waals surface area (Å²) < 4.78 is 31.7. The van der Waals surface area contributed by atoms with Crippen LogP contribution in [0.1, 0.15) is 95.5 Å². The van der Waals surface area contributed by atoms with Crippen molar-refractivity contribution in [3.8, 4) is 16.9 Å². The predicted octanol–water partition coefficient (Wildman–Crippen LogP) is 9.41. The van der Waals surface area contributed by atoms with Crippen LogP contribution in [0.15, 0.2) is 48.5 Å². The van der Waals surface area contributed by atoms with Gasteiger partial charge in [0.25, 0.3) is 0 Å². The molecule has 3 heteroatoms. The summed E-state index contributed by atoms with van der Waals surface area (Å²) in [4.78, 5) is 0. The molecule has 1 aliphatic rings. The largest absolute Gasteiger partial charge is 0.494 e. The molecule has 0 heterocycles. The van der Waals surface area contributed by atoms with Crippen molar-refractivity contribution in [3.05, 3.63) is 54.1 Å². The van der Waals surface area contributed by atoms with Gasteiger partial charge in [-0.05, 0) is 66.8 Å². The standard InChI is InChI=1S/C29H40F2O/c1-2-3-4-5-6-7-8-9-22-32-28-20-18-26(19-21-28)24-12-10-23(11-13-24)25-14-16-27(17-15-25)29(30)31/h10-13,18-21,25,27,29H,2-9,14-17,22H2,1H3. The average Bonchev–Trinajstić information content (AvgIpc) is 2.83. The lowest BCUT2D eigenvalue weighted by Crippen LogP contribution is -2.19. The monoisotopic (exact) mass is 442 g/mol. The maximum Gasteiger partial charge on any atom is 0.241 e. The quantitative estimate of drug-likeness (QED) is 0.281. The minimum absolute atomic E-state index is 0.401. The molecule has 1 nitrogen and oxygen atoms in total. The summed E-state index contributed by atoms with van der Waals surface area (Å²) in [6.07, 6.45) is 11.3. The summed E-state index contributed by atoms with van der Waals surface area (Å²) in [5, 5.41) is 0. The SMILES string of the molecule is CCCCCCCCCCOc1ccc(-c2ccc(C3CCC(C(F)F)CC3)cc2)cc1. The second-order valence-corrected chi connectivity index (χ2v) is 9.42. The summed E-state index contributed by atoms with van der Waals surface area (Å²) >= 11 is 0. The first-order valence-electron chi connectivity index (χ1n) is 12.8. The van der Waals surface area contributed by atoms with Crippen molar-refractivity contribution in [1.82, 2.24) is 0 Å². The van der Waals surface area contributed by atoms with Gasteiger partial charge in [0.15, 0.2) is 0 Å². The zero-order chi connectivity index (χ0) is 22.6. The molecule has 1 aliphatic carbocycles. The third-order valence-electron chi connectivity index (χ3n) is 6.96. The van der Waals surface area contributed by atoms with Crippen molar-refractivity contribution in [3.63, 3.8) is 0 Å². The molecule has 0 saturated heterocycles. The maximum absolute atomic E-state index is 12.9. The molecule has 2 aromatic rings. The minimum atomic E-state index is -2.16. The first-order valence-corrected chi connectivity index (χ1v) is 12.8. The molecule has 0 bridgehead atoms. The second kappa shape index (κ2) is 13.6. The van der Waals surface area contributed by atoms with Crippen LogP contribution in [0.5, 0.6) is 5.75 Å². The van der Waals surface area contributed by atoms with Gasteiger partial charge in [-0.1, -0.05) is 88.3 Å². The van der Waals surface area contributed by atoms with Gasteiger partial charge in [0, 0.05) is 5.92 Å². The third-order valence-corrected chi connectivity index (χ3v) is 6.96. The molecule has 1 fully saturated rings. The van der Waals surface area contributed by atoms with Gasteiger partial charge in [-0.2, -0.15) is 0 Å². The summed E-state index contributed by atoms with van der Waals surface area (Å²) in [6, 6.07) is 17.0. The van der Waals surface area contributed by atoms with Gasteiger partial charge in [0.2, 0.25) is 6.43 Å². The van der Waals surface area contributed by atoms with Crippen molar-refractivity contribution in [2.75, 3.05) is 6.61 Å². The maximum atomic E-state index is 12.9. The fourth-order valence-corrected chi connectivity index (χ4v) is 4.82. The fourth-order valence-electron chi connectivity index (χ4n) is 4.82. The van der Waals surface area contributed by atoms with Crippen LogP contribution >= 0.6 is 0 Å². The summed E-state index contributed by atoms with van der Waals surface area (Å²) in [5.74, 6) is 0.956. The summed E-state index contributed by atoms with van der Waals surface area (Å²) in [6.45, 7) is 3.05. The summed E-state index contributed by atoms with van der Waals surface area (Å²) in [7, 11) is 0.